The van der Waals surface area contributed by atoms with Crippen LogP contribution < -0.4 is 15.0 Å². The highest BCUT2D eigenvalue weighted by Gasteiger charge is 2.29. The van der Waals surface area contributed by atoms with Crippen molar-refractivity contribution in [1.82, 2.24) is 5.32 Å². The summed E-state index contributed by atoms with van der Waals surface area (Å²) in [5, 5.41) is 3.31. The molecule has 0 saturated carbocycles. The maximum absolute atomic E-state index is 5.44. The van der Waals surface area contributed by atoms with Crippen LogP contribution in [0.1, 0.15) is 18.9 Å². The molecule has 2 rings (SSSR count). The molecule has 1 aromatic rings. The Kier molecular flexibility index (Phi) is 3.57. The van der Waals surface area contributed by atoms with E-state index in [0.29, 0.717) is 12.1 Å². The molecule has 0 aromatic heterocycles. The van der Waals surface area contributed by atoms with Gasteiger partial charge in [0.05, 0.1) is 7.11 Å². The van der Waals surface area contributed by atoms with Gasteiger partial charge in [0.2, 0.25) is 0 Å². The van der Waals surface area contributed by atoms with Crippen LogP contribution in [0.4, 0.5) is 5.69 Å². The summed E-state index contributed by atoms with van der Waals surface area (Å²) in [5.74, 6) is 1.02. The van der Waals surface area contributed by atoms with Gasteiger partial charge in [0.25, 0.3) is 0 Å². The molecule has 17 heavy (non-hydrogen) atoms. The Labute approximate surface area is 104 Å². The molecular weight excluding hydrogens is 212 g/mol. The molecule has 1 aliphatic rings. The third-order valence-corrected chi connectivity index (χ3v) is 3.81. The highest BCUT2D eigenvalue weighted by atomic mass is 16.5. The van der Waals surface area contributed by atoms with Crippen molar-refractivity contribution in [1.29, 1.82) is 0 Å². The van der Waals surface area contributed by atoms with Crippen molar-refractivity contribution >= 4 is 5.69 Å². The van der Waals surface area contributed by atoms with Crippen LogP contribution in [0.25, 0.3) is 0 Å². The second-order valence-electron chi connectivity index (χ2n) is 4.85. The fourth-order valence-corrected chi connectivity index (χ4v) is 2.62. The molecule has 3 nitrogen and oxygen atoms in total. The SMILES string of the molecule is CNC(C)CC1Cc2c(OC)cccc2N1C. The zero-order chi connectivity index (χ0) is 12.4. The molecule has 0 amide bonds. The number of benzene rings is 1. The number of nitrogens with zero attached hydrogens (tertiary/aromatic N) is 1. The fraction of sp³-hybridized carbons (Fsp3) is 0.571. The summed E-state index contributed by atoms with van der Waals surface area (Å²) in [6, 6.07) is 7.42. The van der Waals surface area contributed by atoms with Crippen LogP contribution in [-0.2, 0) is 6.42 Å². The summed E-state index contributed by atoms with van der Waals surface area (Å²) in [7, 11) is 5.95. The first-order chi connectivity index (χ1) is 8.17. The second kappa shape index (κ2) is 4.96. The lowest BCUT2D eigenvalue weighted by Crippen LogP contribution is -2.35. The quantitative estimate of drug-likeness (QED) is 0.863. The summed E-state index contributed by atoms with van der Waals surface area (Å²) in [5.41, 5.74) is 2.67. The Balaban J connectivity index is 2.20. The summed E-state index contributed by atoms with van der Waals surface area (Å²) in [6.07, 6.45) is 2.24. The van der Waals surface area contributed by atoms with Crippen molar-refractivity contribution in [3.8, 4) is 5.75 Å². The Morgan fingerprint density at radius 1 is 1.53 bits per heavy atom. The minimum absolute atomic E-state index is 0.544. The smallest absolute Gasteiger partial charge is 0.124 e. The average molecular weight is 234 g/mol. The maximum atomic E-state index is 5.44. The van der Waals surface area contributed by atoms with Crippen LogP contribution in [0.15, 0.2) is 18.2 Å². The van der Waals surface area contributed by atoms with E-state index in [1.807, 2.05) is 7.05 Å². The minimum atomic E-state index is 0.544. The fourth-order valence-electron chi connectivity index (χ4n) is 2.62. The van der Waals surface area contributed by atoms with Gasteiger partial charge >= 0.3 is 0 Å². The number of likely N-dealkylation sites (N-methyl/N-ethyl adjacent to an activating group) is 1. The number of hydrogen-bond acceptors (Lipinski definition) is 3. The predicted octanol–water partition coefficient (Wildman–Crippen LogP) is 2.05. The molecule has 0 bridgehead atoms. The standard InChI is InChI=1S/C14H22N2O/c1-10(15-2)8-11-9-12-13(16(11)3)6-5-7-14(12)17-4/h5-7,10-11,15H,8-9H2,1-4H3. The number of ether oxygens (including phenoxy) is 1. The van der Waals surface area contributed by atoms with Gasteiger partial charge in [0.1, 0.15) is 5.75 Å². The van der Waals surface area contributed by atoms with Crippen molar-refractivity contribution in [2.75, 3.05) is 26.1 Å². The molecule has 0 radical (unpaired) electrons. The van der Waals surface area contributed by atoms with E-state index in [9.17, 15) is 0 Å². The summed E-state index contributed by atoms with van der Waals surface area (Å²) < 4.78 is 5.44. The van der Waals surface area contributed by atoms with Gasteiger partial charge in [-0.15, -0.1) is 0 Å². The van der Waals surface area contributed by atoms with Crippen molar-refractivity contribution in [2.45, 2.75) is 31.8 Å². The third-order valence-electron chi connectivity index (χ3n) is 3.81. The normalized spacial score (nSPS) is 20.2. The van der Waals surface area contributed by atoms with Gasteiger partial charge < -0.3 is 15.0 Å². The Hall–Kier alpha value is -1.22. The minimum Gasteiger partial charge on any atom is -0.496 e. The lowest BCUT2D eigenvalue weighted by molar-refractivity contribution is 0.409. The summed E-state index contributed by atoms with van der Waals surface area (Å²) >= 11 is 0. The number of anilines is 1. The van der Waals surface area contributed by atoms with Gasteiger partial charge in [-0.25, -0.2) is 0 Å². The van der Waals surface area contributed by atoms with Crippen LogP contribution in [0.2, 0.25) is 0 Å². The van der Waals surface area contributed by atoms with Gasteiger partial charge in [-0.1, -0.05) is 6.07 Å². The molecule has 1 aromatic carbocycles. The molecule has 1 N–H and O–H groups in total. The topological polar surface area (TPSA) is 24.5 Å². The number of methoxy groups -OCH3 is 1. The molecule has 1 aliphatic heterocycles. The largest absolute Gasteiger partial charge is 0.496 e. The highest BCUT2D eigenvalue weighted by Crippen LogP contribution is 2.38. The number of nitrogens with one attached hydrogen (secondary N) is 1. The Morgan fingerprint density at radius 3 is 2.94 bits per heavy atom. The van der Waals surface area contributed by atoms with Crippen molar-refractivity contribution < 1.29 is 4.74 Å². The molecule has 3 heteroatoms. The van der Waals surface area contributed by atoms with Crippen LogP contribution >= 0.6 is 0 Å². The van der Waals surface area contributed by atoms with Gasteiger partial charge in [0, 0.05) is 30.4 Å². The molecule has 0 aliphatic carbocycles. The van der Waals surface area contributed by atoms with E-state index < -0.39 is 0 Å². The number of fused-ring (bicyclic) bond motifs is 1. The lowest BCUT2D eigenvalue weighted by atomic mass is 10.0. The van der Waals surface area contributed by atoms with Crippen LogP contribution in [0.5, 0.6) is 5.75 Å². The summed E-state index contributed by atoms with van der Waals surface area (Å²) in [4.78, 5) is 2.38. The van der Waals surface area contributed by atoms with E-state index in [-0.39, 0.29) is 0 Å². The third kappa shape index (κ3) is 2.25. The molecule has 0 saturated heterocycles. The van der Waals surface area contributed by atoms with Gasteiger partial charge in [-0.05, 0) is 38.9 Å². The van der Waals surface area contributed by atoms with Crippen LogP contribution in [0.3, 0.4) is 0 Å². The number of hydrogen-bond donors (Lipinski definition) is 1. The molecule has 0 spiro atoms. The number of rotatable bonds is 4. The summed E-state index contributed by atoms with van der Waals surface area (Å²) in [6.45, 7) is 2.23. The zero-order valence-electron chi connectivity index (χ0n) is 11.2. The van der Waals surface area contributed by atoms with Crippen molar-refractivity contribution in [3.63, 3.8) is 0 Å². The van der Waals surface area contributed by atoms with E-state index in [2.05, 4.69) is 42.4 Å². The van der Waals surface area contributed by atoms with E-state index in [4.69, 9.17) is 4.74 Å². The molecule has 2 unspecified atom stereocenters. The van der Waals surface area contributed by atoms with Crippen molar-refractivity contribution in [2.24, 2.45) is 0 Å². The van der Waals surface area contributed by atoms with E-state index >= 15 is 0 Å². The first kappa shape index (κ1) is 12.2. The molecule has 2 atom stereocenters. The van der Waals surface area contributed by atoms with Crippen molar-refractivity contribution in [3.05, 3.63) is 23.8 Å². The van der Waals surface area contributed by atoms with Crippen LogP contribution in [0, 0.1) is 0 Å². The monoisotopic (exact) mass is 234 g/mol. The van der Waals surface area contributed by atoms with Gasteiger partial charge in [-0.3, -0.25) is 0 Å². The van der Waals surface area contributed by atoms with E-state index in [0.717, 1.165) is 18.6 Å². The Morgan fingerprint density at radius 2 is 2.29 bits per heavy atom. The first-order valence-electron chi connectivity index (χ1n) is 6.23. The first-order valence-corrected chi connectivity index (χ1v) is 6.23. The second-order valence-corrected chi connectivity index (χ2v) is 4.85. The lowest BCUT2D eigenvalue weighted by Gasteiger charge is -2.25. The van der Waals surface area contributed by atoms with E-state index in [1.54, 1.807) is 7.11 Å². The molecular formula is C14H22N2O. The zero-order valence-corrected chi connectivity index (χ0v) is 11.2. The van der Waals surface area contributed by atoms with Gasteiger partial charge in [-0.2, -0.15) is 0 Å². The highest BCUT2D eigenvalue weighted by molar-refractivity contribution is 5.64. The molecule has 0 fully saturated rings. The van der Waals surface area contributed by atoms with Crippen LogP contribution in [-0.4, -0.2) is 33.3 Å². The van der Waals surface area contributed by atoms with Gasteiger partial charge in [0.15, 0.2) is 0 Å². The molecule has 94 valence electrons. The predicted molar refractivity (Wildman–Crippen MR) is 72.0 cm³/mol. The maximum Gasteiger partial charge on any atom is 0.124 e. The molecule has 1 heterocycles. The Bertz CT molecular complexity index is 392. The average Bonchev–Trinajstić information content (AvgIpc) is 2.66. The van der Waals surface area contributed by atoms with E-state index in [1.165, 1.54) is 11.3 Å².